The number of aryl methyl sites for hydroxylation is 1. The number of amides is 2. The first-order chi connectivity index (χ1) is 16.1. The Morgan fingerprint density at radius 1 is 1.00 bits per heavy atom. The molecule has 0 fully saturated rings. The molecule has 1 atom stereocenters. The van der Waals surface area contributed by atoms with Crippen LogP contribution in [0.5, 0.6) is 0 Å². The number of nitrogens with two attached hydrogens (primary N) is 6. The predicted molar refractivity (Wildman–Crippen MR) is 132 cm³/mol. The van der Waals surface area contributed by atoms with Crippen molar-refractivity contribution in [1.29, 1.82) is 0 Å². The van der Waals surface area contributed by atoms with E-state index in [0.717, 1.165) is 30.4 Å². The zero-order chi connectivity index (χ0) is 25.3. The molecule has 182 valence electrons. The van der Waals surface area contributed by atoms with E-state index in [1.165, 1.54) is 0 Å². The molecule has 0 spiro atoms. The molecule has 1 unspecified atom stereocenters. The second-order valence-electron chi connectivity index (χ2n) is 7.29. The molecule has 0 aliphatic carbocycles. The van der Waals surface area contributed by atoms with Gasteiger partial charge in [0, 0.05) is 6.54 Å². The van der Waals surface area contributed by atoms with Crippen LogP contribution in [-0.2, 0) is 11.2 Å². The van der Waals surface area contributed by atoms with Gasteiger partial charge in [0.1, 0.15) is 0 Å². The lowest BCUT2D eigenvalue weighted by atomic mass is 10.0. The SMILES string of the molecule is NC(=O)CC(N=C(N)N)c1ccc(CCCCN=C(N)NC(=O)c2nc(Cl)c(N)nc2N)cc1. The van der Waals surface area contributed by atoms with E-state index in [0.29, 0.717) is 6.54 Å². The monoisotopic (exact) mass is 489 g/mol. The summed E-state index contributed by atoms with van der Waals surface area (Å²) in [7, 11) is 0. The maximum atomic E-state index is 12.2. The Hall–Kier alpha value is -4.13. The van der Waals surface area contributed by atoms with Crippen LogP contribution in [0, 0.1) is 0 Å². The van der Waals surface area contributed by atoms with E-state index in [2.05, 4.69) is 25.3 Å². The number of hydrogen-bond acceptors (Lipinski definition) is 8. The standard InChI is InChI=1S/C20H28ClN11O2/c21-15-17(24)31-16(23)14(30-15)18(34)32-20(27)28-8-2-1-3-10-4-6-11(7-5-10)12(9-13(22)33)29-19(25)26/h4-7,12H,1-3,8-9H2,(H2,22,33)(H4,23,24,31)(H4,25,26,29)(H3,27,28,32,34). The molecular formula is C20H28ClN11O2. The van der Waals surface area contributed by atoms with Gasteiger partial charge in [-0.1, -0.05) is 35.9 Å². The average Bonchev–Trinajstić information content (AvgIpc) is 2.75. The smallest absolute Gasteiger partial charge is 0.280 e. The zero-order valence-electron chi connectivity index (χ0n) is 18.4. The Labute approximate surface area is 201 Å². The predicted octanol–water partition coefficient (Wildman–Crippen LogP) is -0.448. The number of rotatable bonds is 10. The van der Waals surface area contributed by atoms with Crippen molar-refractivity contribution >= 4 is 47.0 Å². The van der Waals surface area contributed by atoms with E-state index in [4.69, 9.17) is 46.0 Å². The summed E-state index contributed by atoms with van der Waals surface area (Å²) in [6, 6.07) is 7.08. The Bertz CT molecular complexity index is 1080. The van der Waals surface area contributed by atoms with Crippen molar-refractivity contribution in [2.24, 2.45) is 32.9 Å². The van der Waals surface area contributed by atoms with Crippen molar-refractivity contribution in [3.8, 4) is 0 Å². The highest BCUT2D eigenvalue weighted by Crippen LogP contribution is 2.22. The third-order valence-electron chi connectivity index (χ3n) is 4.58. The average molecular weight is 490 g/mol. The number of carbonyl (C=O) groups is 2. The molecule has 14 heteroatoms. The number of hydrogen-bond donors (Lipinski definition) is 7. The van der Waals surface area contributed by atoms with Gasteiger partial charge in [-0.05, 0) is 30.4 Å². The lowest BCUT2D eigenvalue weighted by molar-refractivity contribution is -0.118. The van der Waals surface area contributed by atoms with Crippen LogP contribution >= 0.6 is 11.6 Å². The van der Waals surface area contributed by atoms with E-state index < -0.39 is 17.9 Å². The molecule has 0 radical (unpaired) electrons. The van der Waals surface area contributed by atoms with Crippen LogP contribution in [0.25, 0.3) is 0 Å². The third-order valence-corrected chi connectivity index (χ3v) is 4.86. The van der Waals surface area contributed by atoms with Gasteiger partial charge < -0.3 is 34.4 Å². The summed E-state index contributed by atoms with van der Waals surface area (Å²) in [6.45, 7) is 0.402. The topological polar surface area (TPSA) is 253 Å². The van der Waals surface area contributed by atoms with Crippen LogP contribution in [0.3, 0.4) is 0 Å². The molecule has 13 N–H and O–H groups in total. The number of nitrogens with zero attached hydrogens (tertiary/aromatic N) is 4. The van der Waals surface area contributed by atoms with Crippen molar-refractivity contribution in [2.45, 2.75) is 31.7 Å². The number of nitrogens with one attached hydrogen (secondary N) is 1. The largest absolute Gasteiger partial charge is 0.382 e. The third kappa shape index (κ3) is 8.09. The van der Waals surface area contributed by atoms with Gasteiger partial charge in [0.05, 0.1) is 12.5 Å². The number of halogens is 1. The van der Waals surface area contributed by atoms with Gasteiger partial charge in [-0.15, -0.1) is 0 Å². The Kier molecular flexibility index (Phi) is 9.38. The second kappa shape index (κ2) is 12.2. The van der Waals surface area contributed by atoms with Crippen molar-refractivity contribution in [3.63, 3.8) is 0 Å². The summed E-state index contributed by atoms with van der Waals surface area (Å²) in [5, 5.41) is 2.24. The Morgan fingerprint density at radius 3 is 2.29 bits per heavy atom. The number of aliphatic imine (C=N–C) groups is 2. The van der Waals surface area contributed by atoms with E-state index in [1.54, 1.807) is 0 Å². The molecule has 1 aromatic carbocycles. The molecule has 0 aliphatic rings. The Morgan fingerprint density at radius 2 is 1.68 bits per heavy atom. The summed E-state index contributed by atoms with van der Waals surface area (Å²) in [6.07, 6.45) is 2.36. The van der Waals surface area contributed by atoms with E-state index >= 15 is 0 Å². The fourth-order valence-electron chi connectivity index (χ4n) is 2.98. The fourth-order valence-corrected chi connectivity index (χ4v) is 3.11. The normalized spacial score (nSPS) is 12.1. The number of aromatic nitrogens is 2. The van der Waals surface area contributed by atoms with Crippen molar-refractivity contribution in [3.05, 3.63) is 46.2 Å². The molecule has 1 heterocycles. The molecule has 0 saturated heterocycles. The first kappa shape index (κ1) is 26.1. The highest BCUT2D eigenvalue weighted by molar-refractivity contribution is 6.31. The van der Waals surface area contributed by atoms with Crippen LogP contribution < -0.4 is 39.7 Å². The summed E-state index contributed by atoms with van der Waals surface area (Å²) >= 11 is 5.77. The highest BCUT2D eigenvalue weighted by atomic mass is 35.5. The molecule has 0 bridgehead atoms. The van der Waals surface area contributed by atoms with Crippen molar-refractivity contribution < 1.29 is 9.59 Å². The zero-order valence-corrected chi connectivity index (χ0v) is 19.1. The fraction of sp³-hybridized carbons (Fsp3) is 0.300. The van der Waals surface area contributed by atoms with Crippen LogP contribution in [0.4, 0.5) is 11.6 Å². The second-order valence-corrected chi connectivity index (χ2v) is 7.65. The summed E-state index contributed by atoms with van der Waals surface area (Å²) < 4.78 is 0. The first-order valence-corrected chi connectivity index (χ1v) is 10.6. The first-order valence-electron chi connectivity index (χ1n) is 10.2. The minimum atomic E-state index is -0.691. The molecule has 0 aliphatic heterocycles. The van der Waals surface area contributed by atoms with Crippen molar-refractivity contribution in [1.82, 2.24) is 15.3 Å². The van der Waals surface area contributed by atoms with Crippen molar-refractivity contribution in [2.75, 3.05) is 18.0 Å². The highest BCUT2D eigenvalue weighted by Gasteiger charge is 2.17. The maximum Gasteiger partial charge on any atom is 0.280 e. The number of carbonyl (C=O) groups excluding carboxylic acids is 2. The van der Waals surface area contributed by atoms with Gasteiger partial charge in [0.2, 0.25) is 5.91 Å². The quantitative estimate of drug-likeness (QED) is 0.129. The van der Waals surface area contributed by atoms with Gasteiger partial charge >= 0.3 is 0 Å². The summed E-state index contributed by atoms with van der Waals surface area (Å²) in [5.74, 6) is -1.63. The maximum absolute atomic E-state index is 12.2. The number of primary amides is 1. The lowest BCUT2D eigenvalue weighted by Crippen LogP contribution is -2.38. The number of nitrogen functional groups attached to an aromatic ring is 2. The van der Waals surface area contributed by atoms with Gasteiger partial charge in [0.15, 0.2) is 34.4 Å². The summed E-state index contributed by atoms with van der Waals surface area (Å²) in [5.41, 5.74) is 34.7. The molecule has 0 saturated carbocycles. The summed E-state index contributed by atoms with van der Waals surface area (Å²) in [4.78, 5) is 39.2. The van der Waals surface area contributed by atoms with Gasteiger partial charge in [-0.2, -0.15) is 0 Å². The molecule has 13 nitrogen and oxygen atoms in total. The Balaban J connectivity index is 1.83. The molecule has 34 heavy (non-hydrogen) atoms. The van der Waals surface area contributed by atoms with Crippen LogP contribution in [-0.4, -0.2) is 40.2 Å². The molecule has 2 amide bonds. The van der Waals surface area contributed by atoms with Crippen LogP contribution in [0.2, 0.25) is 5.15 Å². The van der Waals surface area contributed by atoms with E-state index in [-0.39, 0.29) is 40.8 Å². The number of unbranched alkanes of at least 4 members (excludes halogenated alkanes) is 1. The van der Waals surface area contributed by atoms with E-state index in [9.17, 15) is 9.59 Å². The molecular weight excluding hydrogens is 462 g/mol. The van der Waals surface area contributed by atoms with Gasteiger partial charge in [-0.25, -0.2) is 15.0 Å². The molecule has 1 aromatic heterocycles. The van der Waals surface area contributed by atoms with Crippen LogP contribution in [0.15, 0.2) is 34.3 Å². The van der Waals surface area contributed by atoms with E-state index in [1.807, 2.05) is 24.3 Å². The minimum absolute atomic E-state index is 0.0117. The number of benzene rings is 1. The molecule has 2 rings (SSSR count). The lowest BCUT2D eigenvalue weighted by Gasteiger charge is -2.12. The van der Waals surface area contributed by atoms with Crippen LogP contribution in [0.1, 0.15) is 46.9 Å². The molecule has 2 aromatic rings. The minimum Gasteiger partial charge on any atom is -0.382 e. The number of guanidine groups is 2. The van der Waals surface area contributed by atoms with Gasteiger partial charge in [0.25, 0.3) is 5.91 Å². The van der Waals surface area contributed by atoms with Gasteiger partial charge in [-0.3, -0.25) is 19.9 Å². The number of anilines is 2.